The Morgan fingerprint density at radius 1 is 0.895 bits per heavy atom. The molecule has 0 N–H and O–H groups in total. The Hall–Kier alpha value is -2.14. The quantitative estimate of drug-likeness (QED) is 0.621. The van der Waals surface area contributed by atoms with Gasteiger partial charge in [-0.05, 0) is 12.1 Å². The third kappa shape index (κ3) is 3.93. The summed E-state index contributed by atoms with van der Waals surface area (Å²) in [5, 5.41) is 0. The molecular weight excluding hydrogens is 264 g/mol. The molecule has 2 rings (SSSR count). The van der Waals surface area contributed by atoms with Crippen LogP contribution < -0.4 is 4.18 Å². The Morgan fingerprint density at radius 2 is 1.42 bits per heavy atom. The van der Waals surface area contributed by atoms with Crippen LogP contribution in [0.5, 0.6) is 5.75 Å². The van der Waals surface area contributed by atoms with E-state index in [1.54, 1.807) is 48.5 Å². The lowest BCUT2D eigenvalue weighted by Crippen LogP contribution is -2.20. The van der Waals surface area contributed by atoms with Crippen molar-refractivity contribution in [3.05, 3.63) is 66.2 Å². The third-order valence-electron chi connectivity index (χ3n) is 2.37. The molecule has 0 aliphatic carbocycles. The molecule has 19 heavy (non-hydrogen) atoms. The summed E-state index contributed by atoms with van der Waals surface area (Å²) in [5.41, 5.74) is 0.350. The van der Waals surface area contributed by atoms with Crippen LogP contribution in [0.2, 0.25) is 0 Å². The van der Waals surface area contributed by atoms with Crippen molar-refractivity contribution in [2.45, 2.75) is 0 Å². The van der Waals surface area contributed by atoms with Gasteiger partial charge < -0.3 is 4.18 Å². The lowest BCUT2D eigenvalue weighted by Gasteiger charge is -2.06. The number of hydrogen-bond acceptors (Lipinski definition) is 4. The largest absolute Gasteiger partial charge is 0.382 e. The van der Waals surface area contributed by atoms with Crippen molar-refractivity contribution in [3.63, 3.8) is 0 Å². The third-order valence-corrected chi connectivity index (χ3v) is 3.43. The maximum atomic E-state index is 11.8. The van der Waals surface area contributed by atoms with Crippen molar-refractivity contribution in [1.82, 2.24) is 0 Å². The first kappa shape index (κ1) is 13.3. The van der Waals surface area contributed by atoms with Crippen LogP contribution in [0.3, 0.4) is 0 Å². The summed E-state index contributed by atoms with van der Waals surface area (Å²) in [6.45, 7) is 0. The Bertz CT molecular complexity index is 648. The second-order valence-corrected chi connectivity index (χ2v) is 5.46. The maximum absolute atomic E-state index is 11.8. The summed E-state index contributed by atoms with van der Waals surface area (Å²) in [6.07, 6.45) is 0. The fourth-order valence-electron chi connectivity index (χ4n) is 1.52. The van der Waals surface area contributed by atoms with Gasteiger partial charge in [0.05, 0.1) is 0 Å². The second kappa shape index (κ2) is 5.67. The number of hydrogen-bond donors (Lipinski definition) is 0. The van der Waals surface area contributed by atoms with Crippen LogP contribution in [-0.4, -0.2) is 20.0 Å². The summed E-state index contributed by atoms with van der Waals surface area (Å²) >= 11 is 0. The van der Waals surface area contributed by atoms with E-state index in [2.05, 4.69) is 0 Å². The predicted molar refractivity (Wildman–Crippen MR) is 71.6 cm³/mol. The van der Waals surface area contributed by atoms with E-state index in [-0.39, 0.29) is 5.75 Å². The van der Waals surface area contributed by atoms with E-state index in [1.807, 2.05) is 0 Å². The molecule has 0 bridgehead atoms. The highest BCUT2D eigenvalue weighted by molar-refractivity contribution is 7.87. The van der Waals surface area contributed by atoms with Gasteiger partial charge in [0.1, 0.15) is 11.5 Å². The molecule has 0 unspecified atom stereocenters. The molecule has 0 spiro atoms. The maximum Gasteiger partial charge on any atom is 0.316 e. The van der Waals surface area contributed by atoms with Crippen LogP contribution >= 0.6 is 0 Å². The molecule has 0 radical (unpaired) electrons. The highest BCUT2D eigenvalue weighted by atomic mass is 32.2. The topological polar surface area (TPSA) is 60.4 Å². The first-order valence-corrected chi connectivity index (χ1v) is 7.20. The zero-order valence-corrected chi connectivity index (χ0v) is 10.8. The fourth-order valence-corrected chi connectivity index (χ4v) is 2.47. The standard InChI is InChI=1S/C14H12O4S/c15-14(12-7-3-1-4-8-12)11-19(16,17)18-13-9-5-2-6-10-13/h1-10H,11H2. The van der Waals surface area contributed by atoms with Crippen LogP contribution in [0, 0.1) is 0 Å². The molecule has 0 aromatic heterocycles. The molecule has 2 aromatic carbocycles. The zero-order chi connectivity index (χ0) is 13.7. The molecular formula is C14H12O4S. The number of ketones is 1. The van der Waals surface area contributed by atoms with Gasteiger partial charge in [-0.2, -0.15) is 8.42 Å². The van der Waals surface area contributed by atoms with Crippen LogP contribution in [-0.2, 0) is 10.1 Å². The number of para-hydroxylation sites is 1. The summed E-state index contributed by atoms with van der Waals surface area (Å²) in [5.74, 6) is -0.966. The molecule has 0 aliphatic rings. The summed E-state index contributed by atoms with van der Waals surface area (Å²) in [6, 6.07) is 16.3. The van der Waals surface area contributed by atoms with Gasteiger partial charge in [-0.3, -0.25) is 4.79 Å². The monoisotopic (exact) mass is 276 g/mol. The van der Waals surface area contributed by atoms with Crippen LogP contribution in [0.4, 0.5) is 0 Å². The second-order valence-electron chi connectivity index (χ2n) is 3.89. The van der Waals surface area contributed by atoms with E-state index in [9.17, 15) is 13.2 Å². The van der Waals surface area contributed by atoms with Crippen LogP contribution in [0.1, 0.15) is 10.4 Å². The molecule has 0 aliphatic heterocycles. The minimum atomic E-state index is -3.93. The van der Waals surface area contributed by atoms with Crippen molar-refractivity contribution >= 4 is 15.9 Å². The van der Waals surface area contributed by atoms with Crippen LogP contribution in [0.15, 0.2) is 60.7 Å². The summed E-state index contributed by atoms with van der Waals surface area (Å²) in [7, 11) is -3.93. The molecule has 98 valence electrons. The van der Waals surface area contributed by atoms with E-state index in [1.165, 1.54) is 12.1 Å². The van der Waals surface area contributed by atoms with Gasteiger partial charge >= 0.3 is 10.1 Å². The average Bonchev–Trinajstić information content (AvgIpc) is 2.39. The van der Waals surface area contributed by atoms with Gasteiger partial charge in [-0.25, -0.2) is 0 Å². The minimum Gasteiger partial charge on any atom is -0.382 e. The molecule has 0 saturated carbocycles. The van der Waals surface area contributed by atoms with Crippen molar-refractivity contribution in [1.29, 1.82) is 0 Å². The van der Waals surface area contributed by atoms with E-state index < -0.39 is 21.7 Å². The molecule has 4 nitrogen and oxygen atoms in total. The van der Waals surface area contributed by atoms with Gasteiger partial charge in [0.15, 0.2) is 5.78 Å². The van der Waals surface area contributed by atoms with Crippen LogP contribution in [0.25, 0.3) is 0 Å². The normalized spacial score (nSPS) is 10.9. The Labute approximate surface area is 111 Å². The molecule has 0 fully saturated rings. The average molecular weight is 276 g/mol. The Kier molecular flexibility index (Phi) is 3.97. The Balaban J connectivity index is 2.08. The fraction of sp³-hybridized carbons (Fsp3) is 0.0714. The van der Waals surface area contributed by atoms with E-state index >= 15 is 0 Å². The molecule has 0 atom stereocenters. The lowest BCUT2D eigenvalue weighted by atomic mass is 10.2. The SMILES string of the molecule is O=C(CS(=O)(=O)Oc1ccccc1)c1ccccc1. The van der Waals surface area contributed by atoms with Gasteiger partial charge in [-0.15, -0.1) is 0 Å². The first-order chi connectivity index (χ1) is 9.07. The van der Waals surface area contributed by atoms with E-state index in [0.717, 1.165) is 0 Å². The Morgan fingerprint density at radius 3 is 2.00 bits per heavy atom. The predicted octanol–water partition coefficient (Wildman–Crippen LogP) is 2.28. The highest BCUT2D eigenvalue weighted by Gasteiger charge is 2.19. The summed E-state index contributed by atoms with van der Waals surface area (Å²) < 4.78 is 28.3. The number of benzene rings is 2. The molecule has 0 amide bonds. The molecule has 2 aromatic rings. The molecule has 0 heterocycles. The van der Waals surface area contributed by atoms with E-state index in [4.69, 9.17) is 4.18 Å². The number of carbonyl (C=O) groups is 1. The van der Waals surface area contributed by atoms with Crippen molar-refractivity contribution in [2.75, 3.05) is 5.75 Å². The van der Waals surface area contributed by atoms with Gasteiger partial charge in [0.2, 0.25) is 0 Å². The summed E-state index contributed by atoms with van der Waals surface area (Å²) in [4.78, 5) is 11.8. The molecule has 0 saturated heterocycles. The highest BCUT2D eigenvalue weighted by Crippen LogP contribution is 2.12. The minimum absolute atomic E-state index is 0.198. The van der Waals surface area contributed by atoms with Crippen molar-refractivity contribution < 1.29 is 17.4 Å². The van der Waals surface area contributed by atoms with Crippen molar-refractivity contribution in [2.24, 2.45) is 0 Å². The smallest absolute Gasteiger partial charge is 0.316 e. The lowest BCUT2D eigenvalue weighted by molar-refractivity contribution is 0.101. The first-order valence-electron chi connectivity index (χ1n) is 5.62. The molecule has 5 heteroatoms. The van der Waals surface area contributed by atoms with Crippen molar-refractivity contribution in [3.8, 4) is 5.75 Å². The van der Waals surface area contributed by atoms with E-state index in [0.29, 0.717) is 5.56 Å². The zero-order valence-electron chi connectivity index (χ0n) is 10.0. The van der Waals surface area contributed by atoms with Gasteiger partial charge in [0, 0.05) is 5.56 Å². The van der Waals surface area contributed by atoms with Gasteiger partial charge in [0.25, 0.3) is 0 Å². The number of carbonyl (C=O) groups excluding carboxylic acids is 1. The number of rotatable bonds is 5. The van der Waals surface area contributed by atoms with Gasteiger partial charge in [-0.1, -0.05) is 48.5 Å². The number of Topliss-reactive ketones (excluding diaryl/α,β-unsaturated/α-hetero) is 1.